The number of nitrogens with one attached hydrogen (secondary N) is 2. The van der Waals surface area contributed by atoms with Gasteiger partial charge in [0.15, 0.2) is 0 Å². The lowest BCUT2D eigenvalue weighted by Crippen LogP contribution is -2.31. The first-order chi connectivity index (χ1) is 9.92. The number of aromatic amines is 1. The zero-order valence-corrected chi connectivity index (χ0v) is 11.5. The highest BCUT2D eigenvalue weighted by Gasteiger charge is 2.14. The maximum Gasteiger partial charge on any atom is 0.328 e. The minimum absolute atomic E-state index is 0.0656. The number of anilines is 1. The molecule has 2 aromatic rings. The molecule has 8 nitrogen and oxygen atoms in total. The lowest BCUT2D eigenvalue weighted by molar-refractivity contribution is -0.384. The van der Waals surface area contributed by atoms with E-state index >= 15 is 0 Å². The molecule has 2 N–H and O–H groups in total. The van der Waals surface area contributed by atoms with Gasteiger partial charge in [0.1, 0.15) is 5.69 Å². The molecule has 0 aliphatic rings. The van der Waals surface area contributed by atoms with E-state index in [2.05, 4.69) is 10.3 Å². The van der Waals surface area contributed by atoms with Crippen molar-refractivity contribution in [2.45, 2.75) is 13.5 Å². The van der Waals surface area contributed by atoms with Crippen LogP contribution in [0.2, 0.25) is 0 Å². The van der Waals surface area contributed by atoms with Gasteiger partial charge in [-0.3, -0.25) is 24.5 Å². The first kappa shape index (κ1) is 14.5. The Bertz CT molecular complexity index is 807. The van der Waals surface area contributed by atoms with E-state index < -0.39 is 16.2 Å². The number of aromatic nitrogens is 2. The van der Waals surface area contributed by atoms with Crippen LogP contribution in [0.3, 0.4) is 0 Å². The summed E-state index contributed by atoms with van der Waals surface area (Å²) in [5, 5.41) is 13.7. The molecule has 2 rings (SSSR count). The van der Waals surface area contributed by atoms with Crippen molar-refractivity contribution in [3.05, 3.63) is 66.5 Å². The minimum Gasteiger partial charge on any atom is -0.383 e. The summed E-state index contributed by atoms with van der Waals surface area (Å²) < 4.78 is 1.30. The van der Waals surface area contributed by atoms with Gasteiger partial charge in [-0.2, -0.15) is 0 Å². The first-order valence-electron chi connectivity index (χ1n) is 6.18. The number of hydrogen-bond donors (Lipinski definition) is 2. The Kier molecular flexibility index (Phi) is 3.88. The van der Waals surface area contributed by atoms with Crippen molar-refractivity contribution in [3.63, 3.8) is 0 Å². The summed E-state index contributed by atoms with van der Waals surface area (Å²) >= 11 is 0. The monoisotopic (exact) mass is 290 g/mol. The van der Waals surface area contributed by atoms with Crippen LogP contribution in [0.1, 0.15) is 11.1 Å². The van der Waals surface area contributed by atoms with Crippen LogP contribution in [-0.2, 0) is 6.54 Å². The molecule has 0 saturated carbocycles. The number of aryl methyl sites for hydroxylation is 1. The molecule has 21 heavy (non-hydrogen) atoms. The Morgan fingerprint density at radius 3 is 2.71 bits per heavy atom. The zero-order valence-electron chi connectivity index (χ0n) is 11.5. The lowest BCUT2D eigenvalue weighted by Gasteiger charge is -2.08. The van der Waals surface area contributed by atoms with E-state index in [1.54, 1.807) is 26.1 Å². The van der Waals surface area contributed by atoms with Crippen LogP contribution in [0, 0.1) is 17.0 Å². The average Bonchev–Trinajstić information content (AvgIpc) is 2.44. The fraction of sp³-hybridized carbons (Fsp3) is 0.231. The maximum absolute atomic E-state index is 11.7. The number of hydrogen-bond acceptors (Lipinski definition) is 5. The fourth-order valence-corrected chi connectivity index (χ4v) is 1.97. The SMILES string of the molecule is CNc1ccc(Cn2cc(C)c(=O)[nH]c2=O)cc1[N+](=O)[O-]. The molecule has 1 aromatic carbocycles. The molecule has 0 amide bonds. The van der Waals surface area contributed by atoms with E-state index in [4.69, 9.17) is 0 Å². The fourth-order valence-electron chi connectivity index (χ4n) is 1.97. The van der Waals surface area contributed by atoms with Gasteiger partial charge >= 0.3 is 5.69 Å². The second-order valence-electron chi connectivity index (χ2n) is 4.56. The molecule has 0 spiro atoms. The largest absolute Gasteiger partial charge is 0.383 e. The van der Waals surface area contributed by atoms with Crippen LogP contribution in [-0.4, -0.2) is 21.5 Å². The van der Waals surface area contributed by atoms with Crippen molar-refractivity contribution in [2.75, 3.05) is 12.4 Å². The molecular formula is C13H14N4O4. The summed E-state index contributed by atoms with van der Waals surface area (Å²) in [5.74, 6) is 0. The van der Waals surface area contributed by atoms with E-state index in [0.29, 0.717) is 16.8 Å². The lowest BCUT2D eigenvalue weighted by atomic mass is 10.1. The number of nitro benzene ring substituents is 1. The Balaban J connectivity index is 2.43. The number of nitrogens with zero attached hydrogens (tertiary/aromatic N) is 2. The van der Waals surface area contributed by atoms with E-state index in [-0.39, 0.29) is 12.2 Å². The Hall–Kier alpha value is -2.90. The van der Waals surface area contributed by atoms with Crippen molar-refractivity contribution < 1.29 is 4.92 Å². The van der Waals surface area contributed by atoms with Crippen LogP contribution >= 0.6 is 0 Å². The van der Waals surface area contributed by atoms with Gasteiger partial charge in [0.05, 0.1) is 11.5 Å². The van der Waals surface area contributed by atoms with Crippen LogP contribution in [0.5, 0.6) is 0 Å². The Morgan fingerprint density at radius 2 is 2.10 bits per heavy atom. The molecule has 0 saturated heterocycles. The molecule has 0 bridgehead atoms. The highest BCUT2D eigenvalue weighted by Crippen LogP contribution is 2.25. The molecule has 0 atom stereocenters. The summed E-state index contributed by atoms with van der Waals surface area (Å²) in [6.07, 6.45) is 1.43. The van der Waals surface area contributed by atoms with E-state index in [0.717, 1.165) is 0 Å². The third-order valence-electron chi connectivity index (χ3n) is 3.07. The van der Waals surface area contributed by atoms with E-state index in [9.17, 15) is 19.7 Å². The quantitative estimate of drug-likeness (QED) is 0.640. The molecule has 110 valence electrons. The summed E-state index contributed by atoms with van der Waals surface area (Å²) in [4.78, 5) is 35.7. The molecule has 0 unspecified atom stereocenters. The van der Waals surface area contributed by atoms with Gasteiger partial charge in [-0.25, -0.2) is 4.79 Å². The van der Waals surface area contributed by atoms with Gasteiger partial charge < -0.3 is 5.32 Å². The molecule has 8 heteroatoms. The number of benzene rings is 1. The smallest absolute Gasteiger partial charge is 0.328 e. The third kappa shape index (κ3) is 2.99. The summed E-state index contributed by atoms with van der Waals surface area (Å²) in [6, 6.07) is 4.67. The third-order valence-corrected chi connectivity index (χ3v) is 3.07. The second-order valence-corrected chi connectivity index (χ2v) is 4.56. The predicted molar refractivity (Wildman–Crippen MR) is 77.8 cm³/mol. The molecule has 0 aliphatic heterocycles. The number of rotatable bonds is 4. The second kappa shape index (κ2) is 5.61. The van der Waals surface area contributed by atoms with Crippen LogP contribution in [0.4, 0.5) is 11.4 Å². The first-order valence-corrected chi connectivity index (χ1v) is 6.18. The Morgan fingerprint density at radius 1 is 1.38 bits per heavy atom. The summed E-state index contributed by atoms with van der Waals surface area (Å²) in [6.45, 7) is 1.72. The van der Waals surface area contributed by atoms with Gasteiger partial charge in [0.25, 0.3) is 11.2 Å². The molecule has 0 aliphatic carbocycles. The maximum atomic E-state index is 11.7. The standard InChI is InChI=1S/C13H14N4O4/c1-8-6-16(13(19)15-12(8)18)7-9-3-4-10(14-2)11(5-9)17(20)21/h3-6,14H,7H2,1-2H3,(H,15,18,19). The van der Waals surface area contributed by atoms with Gasteiger partial charge in [-0.05, 0) is 18.6 Å². The van der Waals surface area contributed by atoms with E-state index in [1.807, 2.05) is 0 Å². The number of nitro groups is 1. The summed E-state index contributed by atoms with van der Waals surface area (Å²) in [5.41, 5.74) is 0.335. The van der Waals surface area contributed by atoms with Gasteiger partial charge in [0.2, 0.25) is 0 Å². The van der Waals surface area contributed by atoms with Gasteiger partial charge in [0, 0.05) is 24.9 Å². The Labute approximate surface area is 119 Å². The zero-order chi connectivity index (χ0) is 15.6. The van der Waals surface area contributed by atoms with Crippen molar-refractivity contribution in [3.8, 4) is 0 Å². The van der Waals surface area contributed by atoms with Crippen molar-refractivity contribution in [2.24, 2.45) is 0 Å². The molecule has 0 radical (unpaired) electrons. The van der Waals surface area contributed by atoms with Crippen LogP contribution < -0.4 is 16.6 Å². The average molecular weight is 290 g/mol. The van der Waals surface area contributed by atoms with Crippen molar-refractivity contribution in [1.82, 2.24) is 9.55 Å². The van der Waals surface area contributed by atoms with Crippen LogP contribution in [0.15, 0.2) is 34.0 Å². The molecular weight excluding hydrogens is 276 g/mol. The summed E-state index contributed by atoms with van der Waals surface area (Å²) in [7, 11) is 1.60. The molecule has 0 fully saturated rings. The molecule has 1 heterocycles. The van der Waals surface area contributed by atoms with Gasteiger partial charge in [-0.15, -0.1) is 0 Å². The predicted octanol–water partition coefficient (Wildman–Crippen LogP) is 0.843. The van der Waals surface area contributed by atoms with Gasteiger partial charge in [-0.1, -0.05) is 6.07 Å². The van der Waals surface area contributed by atoms with Crippen LogP contribution in [0.25, 0.3) is 0 Å². The normalized spacial score (nSPS) is 10.4. The van der Waals surface area contributed by atoms with E-state index in [1.165, 1.54) is 16.8 Å². The van der Waals surface area contributed by atoms with Crippen molar-refractivity contribution >= 4 is 11.4 Å². The highest BCUT2D eigenvalue weighted by molar-refractivity contribution is 5.62. The number of H-pyrrole nitrogens is 1. The highest BCUT2D eigenvalue weighted by atomic mass is 16.6. The molecule has 1 aromatic heterocycles. The van der Waals surface area contributed by atoms with Crippen molar-refractivity contribution in [1.29, 1.82) is 0 Å². The minimum atomic E-state index is -0.550. The topological polar surface area (TPSA) is 110 Å².